The van der Waals surface area contributed by atoms with Crippen molar-refractivity contribution in [1.82, 2.24) is 0 Å². The Morgan fingerprint density at radius 1 is 1.00 bits per heavy atom. The van der Waals surface area contributed by atoms with E-state index in [9.17, 15) is 0 Å². The van der Waals surface area contributed by atoms with E-state index in [0.717, 1.165) is 0 Å². The smallest absolute Gasteiger partial charge is 0 e. The summed E-state index contributed by atoms with van der Waals surface area (Å²) in [5.74, 6) is 0. The molecule has 0 aromatic rings. The molecule has 0 saturated heterocycles. The summed E-state index contributed by atoms with van der Waals surface area (Å²) in [7, 11) is 0. The molecule has 0 atom stereocenters. The van der Waals surface area contributed by atoms with Crippen molar-refractivity contribution in [3.8, 4) is 0 Å². The van der Waals surface area contributed by atoms with Gasteiger partial charge in [-0.05, 0) is 0 Å². The van der Waals surface area contributed by atoms with Crippen LogP contribution in [0.1, 0.15) is 0 Å². The Balaban J connectivity index is 0. The fraction of sp³-hybridized carbons (Fsp3) is 0. The van der Waals surface area contributed by atoms with Gasteiger partial charge in [-0.3, -0.25) is 0 Å². The molecular weight excluding hydrogens is 429 g/mol. The second-order valence-corrected chi connectivity index (χ2v) is 0. The Bertz CT molecular complexity index is 11.6. The van der Waals surface area contributed by atoms with Crippen molar-refractivity contribution in [3.05, 3.63) is 0 Å². The third-order valence-electron chi connectivity index (χ3n) is 0. The summed E-state index contributed by atoms with van der Waals surface area (Å²) < 4.78 is 0. The molecule has 6 radical (unpaired) electrons. The maximum atomic E-state index is 0. The number of rotatable bonds is 0. The van der Waals surface area contributed by atoms with Gasteiger partial charge in [-0.25, -0.2) is 0 Å². The van der Waals surface area contributed by atoms with E-state index >= 15 is 0 Å². The van der Waals surface area contributed by atoms with Crippen LogP contribution >= 0.6 is 0 Å². The summed E-state index contributed by atoms with van der Waals surface area (Å²) in [5.41, 5.74) is 0. The molecule has 5 heteroatoms. The van der Waals surface area contributed by atoms with Gasteiger partial charge in [-0.2, -0.15) is 0 Å². The molecule has 0 bridgehead atoms. The van der Waals surface area contributed by atoms with Crippen LogP contribution in [-0.2, 0) is 33.6 Å². The molecule has 0 heterocycles. The molecule has 0 aliphatic heterocycles. The van der Waals surface area contributed by atoms with E-state index in [1.807, 2.05) is 0 Å². The Kier molecular flexibility index (Phi) is 185. The minimum absolute atomic E-state index is 0. The van der Waals surface area contributed by atoms with Crippen molar-refractivity contribution in [2.45, 2.75) is 0 Å². The summed E-state index contributed by atoms with van der Waals surface area (Å²) in [5, 5.41) is 0. The van der Waals surface area contributed by atoms with Gasteiger partial charge in [0.1, 0.15) is 0 Å². The third-order valence-corrected chi connectivity index (χ3v) is 0. The quantitative estimate of drug-likeness (QED) is 0.461. The number of hydrogen-bond acceptors (Lipinski definition) is 0. The molecule has 5 heavy (non-hydrogen) atoms. The molecule has 0 fully saturated rings. The second kappa shape index (κ2) is 25.0. The van der Waals surface area contributed by atoms with Crippen LogP contribution in [0.5, 0.6) is 0 Å². The van der Waals surface area contributed by atoms with Gasteiger partial charge in [0.05, 0.1) is 0 Å². The molecule has 0 amide bonds. The van der Waals surface area contributed by atoms with Crippen LogP contribution < -0.4 is 0 Å². The molecule has 0 aromatic heterocycles. The van der Waals surface area contributed by atoms with Gasteiger partial charge in [-0.1, -0.05) is 0 Å². The van der Waals surface area contributed by atoms with Crippen LogP contribution in [0.2, 0.25) is 0 Å². The zero-order chi connectivity index (χ0) is 0. The molecule has 0 unspecified atom stereocenters. The Hall–Kier alpha value is 3.80. The van der Waals surface area contributed by atoms with E-state index in [-0.39, 0.29) is 122 Å². The maximum absolute atomic E-state index is 0. The third kappa shape index (κ3) is 18.2. The summed E-state index contributed by atoms with van der Waals surface area (Å²) in [6.45, 7) is 0. The molecule has 0 aliphatic carbocycles. The summed E-state index contributed by atoms with van der Waals surface area (Å²) >= 11 is 0. The summed E-state index contributed by atoms with van der Waals surface area (Å²) in [6.07, 6.45) is 0. The largest absolute Gasteiger partial charge is 0 e. The first-order valence-corrected chi connectivity index (χ1v) is 0. The molecule has 32 valence electrons. The monoisotopic (exact) mass is 428 g/mol. The van der Waals surface area contributed by atoms with Gasteiger partial charge in [0, 0.05) is 122 Å². The normalized spacial score (nSPS) is 0. The van der Waals surface area contributed by atoms with Crippen molar-refractivity contribution in [2.24, 2.45) is 0 Å². The molecule has 0 nitrogen and oxygen atoms in total. The molecule has 0 N–H and O–H groups in total. The molecular formula is CeCuLaNiSi. The van der Waals surface area contributed by atoms with Crippen LogP contribution in [0.3, 0.4) is 0 Å². The molecule has 0 spiro atoms. The summed E-state index contributed by atoms with van der Waals surface area (Å²) in [4.78, 5) is 0. The minimum Gasteiger partial charge on any atom is 0 e. The summed E-state index contributed by atoms with van der Waals surface area (Å²) in [6, 6.07) is 0. The fourth-order valence-electron chi connectivity index (χ4n) is 0. The second-order valence-electron chi connectivity index (χ2n) is 0. The standard InChI is InChI=1S/Ce.Cu.La.Ni.Si. The Morgan fingerprint density at radius 2 is 1.00 bits per heavy atom. The van der Waals surface area contributed by atoms with E-state index in [2.05, 4.69) is 0 Å². The van der Waals surface area contributed by atoms with E-state index in [1.165, 1.54) is 0 Å². The molecule has 0 aliphatic rings. The number of hydrogen-bond donors (Lipinski definition) is 0. The molecule has 0 saturated carbocycles. The van der Waals surface area contributed by atoms with Crippen molar-refractivity contribution >= 4 is 11.0 Å². The van der Waals surface area contributed by atoms with Crippen molar-refractivity contribution < 1.29 is 111 Å². The zero-order valence-electron chi connectivity index (χ0n) is 2.20. The maximum Gasteiger partial charge on any atom is 0 e. The average molecular weight is 429 g/mol. The van der Waals surface area contributed by atoms with Crippen LogP contribution in [-0.4, -0.2) is 11.0 Å². The zero-order valence-corrected chi connectivity index (χ0v) is 11.9. The fourth-order valence-corrected chi connectivity index (χ4v) is 0. The van der Waals surface area contributed by atoms with E-state index < -0.39 is 0 Å². The van der Waals surface area contributed by atoms with E-state index in [0.29, 0.717) is 0 Å². The molecule has 0 aromatic carbocycles. The van der Waals surface area contributed by atoms with Gasteiger partial charge in [0.2, 0.25) is 0 Å². The Labute approximate surface area is 119 Å². The first-order chi connectivity index (χ1) is 0. The van der Waals surface area contributed by atoms with Gasteiger partial charge < -0.3 is 0 Å². The predicted molar refractivity (Wildman–Crippen MR) is 5.75 cm³/mol. The van der Waals surface area contributed by atoms with E-state index in [1.54, 1.807) is 0 Å². The van der Waals surface area contributed by atoms with Crippen LogP contribution in [0.25, 0.3) is 0 Å². The SMILES string of the molecule is [Ce].[Cu].[La].[Ni].[Si]. The Morgan fingerprint density at radius 3 is 1.00 bits per heavy atom. The van der Waals surface area contributed by atoms with Crippen LogP contribution in [0.4, 0.5) is 0 Å². The predicted octanol–water partition coefficient (Wildman–Crippen LogP) is -0.386. The van der Waals surface area contributed by atoms with Crippen molar-refractivity contribution in [3.63, 3.8) is 0 Å². The topological polar surface area (TPSA) is 0 Å². The van der Waals surface area contributed by atoms with Gasteiger partial charge in [-0.15, -0.1) is 0 Å². The first kappa shape index (κ1) is 37.1. The van der Waals surface area contributed by atoms with Crippen LogP contribution in [0.15, 0.2) is 0 Å². The van der Waals surface area contributed by atoms with Gasteiger partial charge >= 0.3 is 0 Å². The van der Waals surface area contributed by atoms with Crippen LogP contribution in [0, 0.1) is 77.3 Å². The van der Waals surface area contributed by atoms with Crippen molar-refractivity contribution in [1.29, 1.82) is 0 Å². The van der Waals surface area contributed by atoms with Gasteiger partial charge in [0.15, 0.2) is 0 Å². The van der Waals surface area contributed by atoms with E-state index in [4.69, 9.17) is 0 Å². The molecule has 0 rings (SSSR count). The minimum atomic E-state index is 0. The first-order valence-electron chi connectivity index (χ1n) is 0. The van der Waals surface area contributed by atoms with Gasteiger partial charge in [0.25, 0.3) is 0 Å². The van der Waals surface area contributed by atoms with Crippen molar-refractivity contribution in [2.75, 3.05) is 0 Å². The average Bonchev–Trinajstić information content (AvgIpc) is 0.